The largest absolute Gasteiger partial charge is 0.480 e. The molecule has 0 spiro atoms. The molecule has 1 aromatic carbocycles. The lowest BCUT2D eigenvalue weighted by atomic mass is 10.1. The Morgan fingerprint density at radius 3 is 2.54 bits per heavy atom. The van der Waals surface area contributed by atoms with Gasteiger partial charge in [-0.05, 0) is 36.5 Å². The van der Waals surface area contributed by atoms with E-state index < -0.39 is 22.0 Å². The van der Waals surface area contributed by atoms with Gasteiger partial charge < -0.3 is 10.0 Å². The molecule has 1 unspecified atom stereocenters. The van der Waals surface area contributed by atoms with Gasteiger partial charge >= 0.3 is 5.97 Å². The minimum atomic E-state index is -3.99. The van der Waals surface area contributed by atoms with Gasteiger partial charge in [-0.25, -0.2) is 8.42 Å². The average molecular weight is 354 g/mol. The van der Waals surface area contributed by atoms with E-state index >= 15 is 0 Å². The Kier molecular flexibility index (Phi) is 5.29. The molecule has 8 heteroatoms. The zero-order valence-electron chi connectivity index (χ0n) is 13.9. The summed E-state index contributed by atoms with van der Waals surface area (Å²) < 4.78 is 27.3. The van der Waals surface area contributed by atoms with Crippen LogP contribution in [0.25, 0.3) is 0 Å². The van der Waals surface area contributed by atoms with E-state index in [1.807, 2.05) is 13.8 Å². The van der Waals surface area contributed by atoms with Crippen LogP contribution >= 0.6 is 0 Å². The van der Waals surface area contributed by atoms with Crippen molar-refractivity contribution >= 4 is 27.6 Å². The fourth-order valence-corrected chi connectivity index (χ4v) is 4.00. The van der Waals surface area contributed by atoms with Gasteiger partial charge in [-0.3, -0.25) is 9.59 Å². The normalized spacial score (nSPS) is 15.4. The molecule has 0 radical (unpaired) electrons. The van der Waals surface area contributed by atoms with Gasteiger partial charge in [0, 0.05) is 19.2 Å². The Morgan fingerprint density at radius 1 is 1.33 bits per heavy atom. The summed E-state index contributed by atoms with van der Waals surface area (Å²) in [5, 5.41) is 9.22. The highest BCUT2D eigenvalue weighted by molar-refractivity contribution is 7.89. The van der Waals surface area contributed by atoms with E-state index in [1.165, 1.54) is 24.0 Å². The molecule has 1 aliphatic rings. The fraction of sp³-hybridized carbons (Fsp3) is 0.500. The molecule has 132 valence electrons. The van der Waals surface area contributed by atoms with E-state index in [1.54, 1.807) is 6.07 Å². The van der Waals surface area contributed by atoms with Crippen LogP contribution in [0.4, 0.5) is 5.69 Å². The first-order chi connectivity index (χ1) is 11.1. The van der Waals surface area contributed by atoms with Gasteiger partial charge in [-0.2, -0.15) is 4.72 Å². The molecule has 1 atom stereocenters. The molecule has 0 saturated heterocycles. The highest BCUT2D eigenvalue weighted by atomic mass is 32.2. The van der Waals surface area contributed by atoms with Crippen LogP contribution < -0.4 is 9.62 Å². The average Bonchev–Trinajstić information content (AvgIpc) is 2.88. The van der Waals surface area contributed by atoms with Crippen LogP contribution in [0, 0.1) is 5.92 Å². The number of carboxylic acids is 1. The molecule has 24 heavy (non-hydrogen) atoms. The number of nitrogens with one attached hydrogen (secondary N) is 1. The third-order valence-electron chi connectivity index (χ3n) is 3.95. The molecule has 2 N–H and O–H groups in total. The van der Waals surface area contributed by atoms with E-state index in [0.29, 0.717) is 18.7 Å². The zero-order chi connectivity index (χ0) is 18.1. The lowest BCUT2D eigenvalue weighted by Gasteiger charge is -2.18. The number of carboxylic acid groups (broad SMARTS) is 1. The van der Waals surface area contributed by atoms with Gasteiger partial charge in [-0.15, -0.1) is 0 Å². The molecule has 1 amide bonds. The number of nitrogens with zero attached hydrogens (tertiary/aromatic N) is 1. The summed E-state index contributed by atoms with van der Waals surface area (Å²) >= 11 is 0. The van der Waals surface area contributed by atoms with Gasteiger partial charge in [0.05, 0.1) is 4.90 Å². The third-order valence-corrected chi connectivity index (χ3v) is 5.41. The number of hydrogen-bond acceptors (Lipinski definition) is 4. The number of sulfonamides is 1. The quantitative estimate of drug-likeness (QED) is 0.803. The number of fused-ring (bicyclic) bond motifs is 1. The van der Waals surface area contributed by atoms with Crippen LogP contribution in [0.3, 0.4) is 0 Å². The van der Waals surface area contributed by atoms with Crippen LogP contribution in [-0.4, -0.2) is 38.0 Å². The molecule has 0 saturated carbocycles. The van der Waals surface area contributed by atoms with Crippen molar-refractivity contribution in [3.8, 4) is 0 Å². The second-order valence-electron chi connectivity index (χ2n) is 6.35. The van der Waals surface area contributed by atoms with Gasteiger partial charge in [0.15, 0.2) is 0 Å². The summed E-state index contributed by atoms with van der Waals surface area (Å²) in [5.74, 6) is -1.33. The van der Waals surface area contributed by atoms with E-state index in [2.05, 4.69) is 4.72 Å². The number of aliphatic carboxylic acids is 1. The van der Waals surface area contributed by atoms with Crippen LogP contribution in [0.1, 0.15) is 32.8 Å². The summed E-state index contributed by atoms with van der Waals surface area (Å²) in [6.45, 7) is 5.60. The SMILES string of the molecule is CC(=O)N1CCc2ccc(S(=O)(=O)NC(CC(C)C)C(=O)O)cc21. The number of carbonyl (C=O) groups is 2. The van der Waals surface area contributed by atoms with E-state index in [0.717, 1.165) is 5.56 Å². The Morgan fingerprint density at radius 2 is 2.00 bits per heavy atom. The predicted molar refractivity (Wildman–Crippen MR) is 89.4 cm³/mol. The number of anilines is 1. The summed E-state index contributed by atoms with van der Waals surface area (Å²) in [5.41, 5.74) is 1.47. The van der Waals surface area contributed by atoms with Gasteiger partial charge in [0.25, 0.3) is 0 Å². The van der Waals surface area contributed by atoms with Gasteiger partial charge in [-0.1, -0.05) is 19.9 Å². The molecule has 0 bridgehead atoms. The molecule has 1 aromatic rings. The first-order valence-electron chi connectivity index (χ1n) is 7.78. The molecule has 0 aliphatic carbocycles. The minimum Gasteiger partial charge on any atom is -0.480 e. The van der Waals surface area contributed by atoms with Crippen LogP contribution in [0.5, 0.6) is 0 Å². The van der Waals surface area contributed by atoms with Crippen molar-refractivity contribution in [1.82, 2.24) is 4.72 Å². The maximum absolute atomic E-state index is 12.5. The number of carbonyl (C=O) groups excluding carboxylic acids is 1. The number of benzene rings is 1. The molecule has 0 aromatic heterocycles. The van der Waals surface area contributed by atoms with Crippen molar-refractivity contribution in [2.75, 3.05) is 11.4 Å². The van der Waals surface area contributed by atoms with Gasteiger partial charge in [0.1, 0.15) is 6.04 Å². The summed E-state index contributed by atoms with van der Waals surface area (Å²) in [4.78, 5) is 24.4. The molecule has 2 rings (SSSR count). The monoisotopic (exact) mass is 354 g/mol. The molecule has 1 aliphatic heterocycles. The fourth-order valence-electron chi connectivity index (χ4n) is 2.78. The second kappa shape index (κ2) is 6.90. The number of hydrogen-bond donors (Lipinski definition) is 2. The van der Waals surface area contributed by atoms with Crippen molar-refractivity contribution in [2.24, 2.45) is 5.92 Å². The van der Waals surface area contributed by atoms with Crippen molar-refractivity contribution in [3.05, 3.63) is 23.8 Å². The van der Waals surface area contributed by atoms with Crippen LogP contribution in [-0.2, 0) is 26.0 Å². The van der Waals surface area contributed by atoms with Crippen LogP contribution in [0.15, 0.2) is 23.1 Å². The molecular weight excluding hydrogens is 332 g/mol. The second-order valence-corrected chi connectivity index (χ2v) is 8.07. The number of rotatable bonds is 6. The lowest BCUT2D eigenvalue weighted by Crippen LogP contribution is -2.41. The van der Waals surface area contributed by atoms with Crippen molar-refractivity contribution in [2.45, 2.75) is 44.6 Å². The Labute approximate surface area is 141 Å². The van der Waals surface area contributed by atoms with E-state index in [-0.39, 0.29) is 23.1 Å². The molecule has 0 fully saturated rings. The summed E-state index contributed by atoms with van der Waals surface area (Å²) in [6, 6.07) is 3.36. The highest BCUT2D eigenvalue weighted by Crippen LogP contribution is 2.30. The Bertz CT molecular complexity index is 758. The predicted octanol–water partition coefficient (Wildman–Crippen LogP) is 1.37. The van der Waals surface area contributed by atoms with Crippen molar-refractivity contribution in [3.63, 3.8) is 0 Å². The Hall–Kier alpha value is -1.93. The summed E-state index contributed by atoms with van der Waals surface area (Å²) in [7, 11) is -3.99. The Balaban J connectivity index is 2.31. The minimum absolute atomic E-state index is 0.0297. The maximum atomic E-state index is 12.5. The van der Waals surface area contributed by atoms with E-state index in [4.69, 9.17) is 0 Å². The van der Waals surface area contributed by atoms with Crippen LogP contribution in [0.2, 0.25) is 0 Å². The first kappa shape index (κ1) is 18.4. The lowest BCUT2D eigenvalue weighted by molar-refractivity contribution is -0.139. The molecule has 7 nitrogen and oxygen atoms in total. The smallest absolute Gasteiger partial charge is 0.321 e. The molecular formula is C16H22N2O5S. The molecule has 1 heterocycles. The number of amides is 1. The van der Waals surface area contributed by atoms with Gasteiger partial charge in [0.2, 0.25) is 15.9 Å². The van der Waals surface area contributed by atoms with Crippen molar-refractivity contribution < 1.29 is 23.1 Å². The standard InChI is InChI=1S/C16H22N2O5S/c1-10(2)8-14(16(20)21)17-24(22,23)13-5-4-12-6-7-18(11(3)19)15(12)9-13/h4-5,9-10,14,17H,6-8H2,1-3H3,(H,20,21). The first-order valence-corrected chi connectivity index (χ1v) is 9.26. The topological polar surface area (TPSA) is 104 Å². The summed E-state index contributed by atoms with van der Waals surface area (Å²) in [6.07, 6.45) is 0.868. The van der Waals surface area contributed by atoms with E-state index in [9.17, 15) is 23.1 Å². The highest BCUT2D eigenvalue weighted by Gasteiger charge is 2.29. The third kappa shape index (κ3) is 3.93. The van der Waals surface area contributed by atoms with Crippen molar-refractivity contribution in [1.29, 1.82) is 0 Å². The zero-order valence-corrected chi connectivity index (χ0v) is 14.8. The maximum Gasteiger partial charge on any atom is 0.321 e.